The third-order valence-electron chi connectivity index (χ3n) is 4.15. The molecule has 1 aliphatic rings. The molecule has 1 N–H and O–H groups in total. The number of hydrogen-bond acceptors (Lipinski definition) is 2. The van der Waals surface area contributed by atoms with Crippen LogP contribution in [-0.4, -0.2) is 31.1 Å². The molecule has 1 aromatic carbocycles. The van der Waals surface area contributed by atoms with Crippen molar-refractivity contribution in [2.75, 3.05) is 20.1 Å². The van der Waals surface area contributed by atoms with Crippen LogP contribution < -0.4 is 5.32 Å². The summed E-state index contributed by atoms with van der Waals surface area (Å²) in [4.78, 5) is 2.71. The van der Waals surface area contributed by atoms with Gasteiger partial charge in [-0.3, -0.25) is 4.90 Å². The minimum atomic E-state index is 0.562. The number of nitrogens with zero attached hydrogens (tertiary/aromatic N) is 1. The van der Waals surface area contributed by atoms with E-state index >= 15 is 0 Å². The van der Waals surface area contributed by atoms with Crippen LogP contribution in [0.2, 0.25) is 0 Å². The van der Waals surface area contributed by atoms with Gasteiger partial charge >= 0.3 is 0 Å². The summed E-state index contributed by atoms with van der Waals surface area (Å²) in [6.45, 7) is 4.64. The van der Waals surface area contributed by atoms with E-state index in [2.05, 4.69) is 64.4 Å². The molecule has 2 atom stereocenters. The second-order valence-corrected chi connectivity index (χ2v) is 6.34. The minimum absolute atomic E-state index is 0.562. The normalized spacial score (nSPS) is 22.4. The van der Waals surface area contributed by atoms with E-state index in [-0.39, 0.29) is 0 Å². The molecule has 1 heterocycles. The lowest BCUT2D eigenvalue weighted by molar-refractivity contribution is 0.0917. The molecule has 0 aromatic heterocycles. The molecule has 1 aliphatic heterocycles. The van der Waals surface area contributed by atoms with E-state index in [0.29, 0.717) is 12.1 Å². The molecule has 0 radical (unpaired) electrons. The summed E-state index contributed by atoms with van der Waals surface area (Å²) in [7, 11) is 2.06. The third-order valence-corrected chi connectivity index (χ3v) is 4.68. The SMILES string of the molecule is CCC(c1ccc(Br)cc1)N1CCCCC1CNC. The highest BCUT2D eigenvalue weighted by atomic mass is 79.9. The number of benzene rings is 1. The Morgan fingerprint density at radius 1 is 1.32 bits per heavy atom. The van der Waals surface area contributed by atoms with Crippen LogP contribution >= 0.6 is 15.9 Å². The fourth-order valence-electron chi connectivity index (χ4n) is 3.23. The highest BCUT2D eigenvalue weighted by Gasteiger charge is 2.28. The molecule has 2 rings (SSSR count). The second-order valence-electron chi connectivity index (χ2n) is 5.42. The largest absolute Gasteiger partial charge is 0.318 e. The first kappa shape index (κ1) is 15.0. The average Bonchev–Trinajstić information content (AvgIpc) is 2.44. The Balaban J connectivity index is 2.16. The maximum absolute atomic E-state index is 3.53. The number of rotatable bonds is 5. The molecule has 1 fully saturated rings. The zero-order chi connectivity index (χ0) is 13.7. The van der Waals surface area contributed by atoms with Crippen molar-refractivity contribution < 1.29 is 0 Å². The molecule has 106 valence electrons. The van der Waals surface area contributed by atoms with Crippen molar-refractivity contribution >= 4 is 15.9 Å². The third kappa shape index (κ3) is 3.80. The first-order chi connectivity index (χ1) is 9.26. The smallest absolute Gasteiger partial charge is 0.0348 e. The van der Waals surface area contributed by atoms with Crippen molar-refractivity contribution in [2.45, 2.75) is 44.7 Å². The zero-order valence-electron chi connectivity index (χ0n) is 12.0. The number of likely N-dealkylation sites (N-methyl/N-ethyl adjacent to an activating group) is 1. The van der Waals surface area contributed by atoms with Crippen molar-refractivity contribution in [3.8, 4) is 0 Å². The molecule has 0 amide bonds. The minimum Gasteiger partial charge on any atom is -0.318 e. The lowest BCUT2D eigenvalue weighted by Crippen LogP contribution is -2.46. The maximum Gasteiger partial charge on any atom is 0.0348 e. The Kier molecular flexibility index (Phi) is 5.86. The topological polar surface area (TPSA) is 15.3 Å². The van der Waals surface area contributed by atoms with Gasteiger partial charge in [0.2, 0.25) is 0 Å². The van der Waals surface area contributed by atoms with Gasteiger partial charge in [-0.25, -0.2) is 0 Å². The average molecular weight is 325 g/mol. The molecule has 0 spiro atoms. The molecule has 19 heavy (non-hydrogen) atoms. The van der Waals surface area contributed by atoms with Crippen LogP contribution in [0, 0.1) is 0 Å². The van der Waals surface area contributed by atoms with Crippen molar-refractivity contribution in [2.24, 2.45) is 0 Å². The number of likely N-dealkylation sites (tertiary alicyclic amines) is 1. The number of halogens is 1. The Bertz CT molecular complexity index is 375. The summed E-state index contributed by atoms with van der Waals surface area (Å²) in [6, 6.07) is 10.1. The Morgan fingerprint density at radius 2 is 2.05 bits per heavy atom. The van der Waals surface area contributed by atoms with Gasteiger partial charge in [0, 0.05) is 23.1 Å². The standard InChI is InChI=1S/C16H25BrN2/c1-3-16(13-7-9-14(17)10-8-13)19-11-5-4-6-15(19)12-18-2/h7-10,15-16,18H,3-6,11-12H2,1-2H3. The van der Waals surface area contributed by atoms with Gasteiger partial charge in [-0.15, -0.1) is 0 Å². The zero-order valence-corrected chi connectivity index (χ0v) is 13.6. The Labute approximate surface area is 125 Å². The summed E-state index contributed by atoms with van der Waals surface area (Å²) in [5.74, 6) is 0. The Hall–Kier alpha value is -0.380. The van der Waals surface area contributed by atoms with Gasteiger partial charge in [-0.1, -0.05) is 41.4 Å². The van der Waals surface area contributed by atoms with Crippen LogP contribution in [0.15, 0.2) is 28.7 Å². The van der Waals surface area contributed by atoms with Gasteiger partial charge in [0.1, 0.15) is 0 Å². The molecule has 0 bridgehead atoms. The summed E-state index contributed by atoms with van der Waals surface area (Å²) >= 11 is 3.53. The first-order valence-corrected chi connectivity index (χ1v) is 8.21. The molecular formula is C16H25BrN2. The lowest BCUT2D eigenvalue weighted by atomic mass is 9.95. The highest BCUT2D eigenvalue weighted by Crippen LogP contribution is 2.31. The van der Waals surface area contributed by atoms with Gasteiger partial charge in [0.05, 0.1) is 0 Å². The quantitative estimate of drug-likeness (QED) is 0.881. The van der Waals surface area contributed by atoms with E-state index in [0.717, 1.165) is 11.0 Å². The predicted octanol–water partition coefficient (Wildman–Crippen LogP) is 3.97. The van der Waals surface area contributed by atoms with E-state index < -0.39 is 0 Å². The van der Waals surface area contributed by atoms with E-state index in [1.165, 1.54) is 37.8 Å². The van der Waals surface area contributed by atoms with Crippen LogP contribution in [0.1, 0.15) is 44.2 Å². The van der Waals surface area contributed by atoms with Crippen molar-refractivity contribution in [1.29, 1.82) is 0 Å². The van der Waals surface area contributed by atoms with Crippen molar-refractivity contribution in [3.05, 3.63) is 34.3 Å². The van der Waals surface area contributed by atoms with Gasteiger partial charge in [-0.05, 0) is 50.6 Å². The summed E-state index contributed by atoms with van der Waals surface area (Å²) in [5, 5.41) is 3.36. The fourth-order valence-corrected chi connectivity index (χ4v) is 3.50. The maximum atomic E-state index is 3.53. The predicted molar refractivity (Wildman–Crippen MR) is 85.4 cm³/mol. The number of piperidine rings is 1. The number of hydrogen-bond donors (Lipinski definition) is 1. The molecule has 1 aromatic rings. The number of nitrogens with one attached hydrogen (secondary N) is 1. The van der Waals surface area contributed by atoms with Crippen molar-refractivity contribution in [1.82, 2.24) is 10.2 Å². The monoisotopic (exact) mass is 324 g/mol. The summed E-state index contributed by atoms with van der Waals surface area (Å²) < 4.78 is 1.16. The van der Waals surface area contributed by atoms with Crippen LogP contribution in [0.25, 0.3) is 0 Å². The molecule has 0 aliphatic carbocycles. The van der Waals surface area contributed by atoms with Crippen LogP contribution in [0.3, 0.4) is 0 Å². The van der Waals surface area contributed by atoms with Crippen LogP contribution in [0.5, 0.6) is 0 Å². The molecular weight excluding hydrogens is 300 g/mol. The van der Waals surface area contributed by atoms with E-state index in [1.807, 2.05) is 0 Å². The molecule has 1 saturated heterocycles. The van der Waals surface area contributed by atoms with Gasteiger partial charge in [0.25, 0.3) is 0 Å². The van der Waals surface area contributed by atoms with Crippen molar-refractivity contribution in [3.63, 3.8) is 0 Å². The van der Waals surface area contributed by atoms with E-state index in [9.17, 15) is 0 Å². The molecule has 3 heteroatoms. The molecule has 2 nitrogen and oxygen atoms in total. The van der Waals surface area contributed by atoms with E-state index in [1.54, 1.807) is 0 Å². The lowest BCUT2D eigenvalue weighted by Gasteiger charge is -2.41. The van der Waals surface area contributed by atoms with Gasteiger partial charge in [0.15, 0.2) is 0 Å². The van der Waals surface area contributed by atoms with Gasteiger partial charge in [-0.2, -0.15) is 0 Å². The Morgan fingerprint density at radius 3 is 2.68 bits per heavy atom. The summed E-state index contributed by atoms with van der Waals surface area (Å²) in [5.41, 5.74) is 1.45. The van der Waals surface area contributed by atoms with E-state index in [4.69, 9.17) is 0 Å². The van der Waals surface area contributed by atoms with Gasteiger partial charge < -0.3 is 5.32 Å². The first-order valence-electron chi connectivity index (χ1n) is 7.42. The molecule has 2 unspecified atom stereocenters. The van der Waals surface area contributed by atoms with Crippen LogP contribution in [-0.2, 0) is 0 Å². The summed E-state index contributed by atoms with van der Waals surface area (Å²) in [6.07, 6.45) is 5.22. The van der Waals surface area contributed by atoms with Crippen LogP contribution in [0.4, 0.5) is 0 Å². The fraction of sp³-hybridized carbons (Fsp3) is 0.625. The highest BCUT2D eigenvalue weighted by molar-refractivity contribution is 9.10. The molecule has 0 saturated carbocycles. The second kappa shape index (κ2) is 7.41.